The van der Waals surface area contributed by atoms with Crippen molar-refractivity contribution < 1.29 is 14.6 Å². The minimum atomic E-state index is -0.272. The molecule has 1 aromatic carbocycles. The number of cyclic esters (lactones) is 1. The highest BCUT2D eigenvalue weighted by atomic mass is 127. The molecular weight excluding hydrogens is 307 g/mol. The highest BCUT2D eigenvalue weighted by Gasteiger charge is 2.23. The average molecular weight is 316 g/mol. The van der Waals surface area contributed by atoms with E-state index in [1.807, 2.05) is 46.9 Å². The first kappa shape index (κ1) is 10.6. The Bertz CT molecular complexity index is 437. The van der Waals surface area contributed by atoms with Gasteiger partial charge < -0.3 is 9.84 Å². The van der Waals surface area contributed by atoms with E-state index >= 15 is 0 Å². The molecule has 0 spiro atoms. The van der Waals surface area contributed by atoms with E-state index < -0.39 is 0 Å². The number of esters is 1. The van der Waals surface area contributed by atoms with Crippen LogP contribution in [-0.4, -0.2) is 17.7 Å². The van der Waals surface area contributed by atoms with Crippen molar-refractivity contribution >= 4 is 34.3 Å². The monoisotopic (exact) mass is 316 g/mol. The topological polar surface area (TPSA) is 46.5 Å². The van der Waals surface area contributed by atoms with Crippen LogP contribution in [0.5, 0.6) is 0 Å². The van der Waals surface area contributed by atoms with Crippen LogP contribution in [0.1, 0.15) is 11.1 Å². The smallest absolute Gasteiger partial charge is 0.315 e. The maximum absolute atomic E-state index is 11.3. The zero-order valence-corrected chi connectivity index (χ0v) is 10.0. The molecule has 0 bridgehead atoms. The van der Waals surface area contributed by atoms with E-state index in [-0.39, 0.29) is 12.6 Å². The number of halogens is 1. The maximum Gasteiger partial charge on any atom is 0.315 e. The standard InChI is InChI=1S/C11H9IO3/c12-9(6-13)11-8-4-2-1-3-7(8)5-10(14)15-11/h1-4,13H,5-6H2/b11-9-. The molecule has 1 heterocycles. The molecule has 0 saturated carbocycles. The van der Waals surface area contributed by atoms with Crippen molar-refractivity contribution in [2.45, 2.75) is 6.42 Å². The van der Waals surface area contributed by atoms with Crippen LogP contribution in [0.15, 0.2) is 27.8 Å². The Morgan fingerprint density at radius 3 is 2.93 bits per heavy atom. The third-order valence-corrected chi connectivity index (χ3v) is 3.03. The second-order valence-corrected chi connectivity index (χ2v) is 4.50. The highest BCUT2D eigenvalue weighted by Crippen LogP contribution is 2.31. The summed E-state index contributed by atoms with van der Waals surface area (Å²) in [7, 11) is 0. The summed E-state index contributed by atoms with van der Waals surface area (Å²) in [5.74, 6) is 0.219. The molecule has 3 nitrogen and oxygen atoms in total. The minimum Gasteiger partial charge on any atom is -0.425 e. The van der Waals surface area contributed by atoms with Crippen LogP contribution in [0, 0.1) is 0 Å². The Balaban J connectivity index is 2.57. The molecule has 0 fully saturated rings. The molecule has 0 saturated heterocycles. The van der Waals surface area contributed by atoms with Gasteiger partial charge in [0.15, 0.2) is 0 Å². The number of carbonyl (C=O) groups is 1. The van der Waals surface area contributed by atoms with E-state index in [1.54, 1.807) is 0 Å². The summed E-state index contributed by atoms with van der Waals surface area (Å²) in [4.78, 5) is 11.3. The van der Waals surface area contributed by atoms with Gasteiger partial charge in [-0.1, -0.05) is 24.3 Å². The number of carbonyl (C=O) groups excluding carboxylic acids is 1. The van der Waals surface area contributed by atoms with Crippen LogP contribution in [0.3, 0.4) is 0 Å². The summed E-state index contributed by atoms with van der Waals surface area (Å²) in [6, 6.07) is 7.57. The Hall–Kier alpha value is -0.880. The number of benzene rings is 1. The van der Waals surface area contributed by atoms with Gasteiger partial charge in [0.25, 0.3) is 0 Å². The molecule has 0 amide bonds. The summed E-state index contributed by atoms with van der Waals surface area (Å²) in [6.45, 7) is -0.114. The fourth-order valence-electron chi connectivity index (χ4n) is 1.53. The van der Waals surface area contributed by atoms with Gasteiger partial charge in [0.2, 0.25) is 0 Å². The molecule has 0 radical (unpaired) electrons. The fraction of sp³-hybridized carbons (Fsp3) is 0.182. The molecule has 0 atom stereocenters. The summed E-state index contributed by atoms with van der Waals surface area (Å²) in [5.41, 5.74) is 1.85. The summed E-state index contributed by atoms with van der Waals surface area (Å²) >= 11 is 1.98. The van der Waals surface area contributed by atoms with Crippen molar-refractivity contribution in [3.63, 3.8) is 0 Å². The predicted octanol–water partition coefficient (Wildman–Crippen LogP) is 1.88. The highest BCUT2D eigenvalue weighted by molar-refractivity contribution is 14.1. The number of rotatable bonds is 1. The first-order chi connectivity index (χ1) is 7.22. The van der Waals surface area contributed by atoms with Crippen LogP contribution >= 0.6 is 22.6 Å². The molecule has 78 valence electrons. The number of hydrogen-bond donors (Lipinski definition) is 1. The van der Waals surface area contributed by atoms with E-state index in [2.05, 4.69) is 0 Å². The van der Waals surface area contributed by atoms with Gasteiger partial charge in [-0.25, -0.2) is 0 Å². The molecule has 1 aliphatic heterocycles. The Morgan fingerprint density at radius 2 is 2.20 bits per heavy atom. The summed E-state index contributed by atoms with van der Waals surface area (Å²) in [5, 5.41) is 9.04. The third-order valence-electron chi connectivity index (χ3n) is 2.20. The Kier molecular flexibility index (Phi) is 3.06. The molecule has 0 aromatic heterocycles. The molecule has 1 aliphatic rings. The SMILES string of the molecule is O=C1Cc2ccccc2/C(=C(/I)CO)O1. The van der Waals surface area contributed by atoms with Gasteiger partial charge >= 0.3 is 5.97 Å². The van der Waals surface area contributed by atoms with Crippen LogP contribution in [0.2, 0.25) is 0 Å². The molecule has 4 heteroatoms. The number of ether oxygens (including phenoxy) is 1. The van der Waals surface area contributed by atoms with E-state index in [0.29, 0.717) is 15.8 Å². The van der Waals surface area contributed by atoms with Gasteiger partial charge in [-0.05, 0) is 28.2 Å². The zero-order chi connectivity index (χ0) is 10.8. The summed E-state index contributed by atoms with van der Waals surface area (Å²) < 4.78 is 5.79. The maximum atomic E-state index is 11.3. The first-order valence-corrected chi connectivity index (χ1v) is 5.58. The van der Waals surface area contributed by atoms with Crippen LogP contribution in [0.25, 0.3) is 5.76 Å². The van der Waals surface area contributed by atoms with Crippen LogP contribution < -0.4 is 0 Å². The molecule has 0 aliphatic carbocycles. The number of fused-ring (bicyclic) bond motifs is 1. The van der Waals surface area contributed by atoms with Gasteiger partial charge in [0, 0.05) is 5.56 Å². The molecule has 1 N–H and O–H groups in total. The Labute approximate surface area is 101 Å². The lowest BCUT2D eigenvalue weighted by molar-refractivity contribution is -0.136. The van der Waals surface area contributed by atoms with E-state index in [0.717, 1.165) is 11.1 Å². The van der Waals surface area contributed by atoms with Gasteiger partial charge in [-0.3, -0.25) is 4.79 Å². The van der Waals surface area contributed by atoms with Crippen molar-refractivity contribution in [2.24, 2.45) is 0 Å². The molecule has 15 heavy (non-hydrogen) atoms. The van der Waals surface area contributed by atoms with Gasteiger partial charge in [-0.2, -0.15) is 0 Å². The van der Waals surface area contributed by atoms with Crippen molar-refractivity contribution in [1.29, 1.82) is 0 Å². The second-order valence-electron chi connectivity index (χ2n) is 3.20. The third kappa shape index (κ3) is 2.05. The molecule has 2 rings (SSSR count). The van der Waals surface area contributed by atoms with Crippen LogP contribution in [0.4, 0.5) is 0 Å². The van der Waals surface area contributed by atoms with Crippen molar-refractivity contribution in [1.82, 2.24) is 0 Å². The average Bonchev–Trinajstić information content (AvgIpc) is 2.26. The zero-order valence-electron chi connectivity index (χ0n) is 7.87. The van der Waals surface area contributed by atoms with E-state index in [9.17, 15) is 4.79 Å². The lowest BCUT2D eigenvalue weighted by Gasteiger charge is -2.19. The number of aliphatic hydroxyl groups excluding tert-OH is 1. The molecular formula is C11H9IO3. The van der Waals surface area contributed by atoms with E-state index in [1.165, 1.54) is 0 Å². The van der Waals surface area contributed by atoms with Gasteiger partial charge in [-0.15, -0.1) is 0 Å². The van der Waals surface area contributed by atoms with Crippen molar-refractivity contribution in [2.75, 3.05) is 6.61 Å². The van der Waals surface area contributed by atoms with Gasteiger partial charge in [0.05, 0.1) is 16.6 Å². The predicted molar refractivity (Wildman–Crippen MR) is 64.3 cm³/mol. The molecule has 1 aromatic rings. The first-order valence-electron chi connectivity index (χ1n) is 4.51. The van der Waals surface area contributed by atoms with E-state index in [4.69, 9.17) is 9.84 Å². The van der Waals surface area contributed by atoms with Gasteiger partial charge in [0.1, 0.15) is 5.76 Å². The number of aliphatic hydroxyl groups is 1. The Morgan fingerprint density at radius 1 is 1.47 bits per heavy atom. The van der Waals surface area contributed by atoms with Crippen LogP contribution in [-0.2, 0) is 16.0 Å². The largest absolute Gasteiger partial charge is 0.425 e. The minimum absolute atomic E-state index is 0.114. The lowest BCUT2D eigenvalue weighted by Crippen LogP contribution is -2.16. The fourth-order valence-corrected chi connectivity index (χ4v) is 1.93. The quantitative estimate of drug-likeness (QED) is 0.636. The van der Waals surface area contributed by atoms with Crippen molar-refractivity contribution in [3.05, 3.63) is 39.0 Å². The number of hydrogen-bond acceptors (Lipinski definition) is 3. The second kappa shape index (κ2) is 4.32. The summed E-state index contributed by atoms with van der Waals surface area (Å²) in [6.07, 6.45) is 0.301. The molecule has 0 unspecified atom stereocenters. The van der Waals surface area contributed by atoms with Crippen molar-refractivity contribution in [3.8, 4) is 0 Å². The lowest BCUT2D eigenvalue weighted by atomic mass is 10.0. The normalized spacial score (nSPS) is 18.1.